The van der Waals surface area contributed by atoms with E-state index in [9.17, 15) is 0 Å². The van der Waals surface area contributed by atoms with Crippen LogP contribution in [0, 0.1) is 0 Å². The van der Waals surface area contributed by atoms with Gasteiger partial charge in [0.1, 0.15) is 0 Å². The summed E-state index contributed by atoms with van der Waals surface area (Å²) in [5.74, 6) is 1.54. The molecule has 2 aromatic carbocycles. The summed E-state index contributed by atoms with van der Waals surface area (Å²) in [5, 5.41) is 6.18. The first-order valence-corrected chi connectivity index (χ1v) is 8.29. The van der Waals surface area contributed by atoms with Crippen LogP contribution in [0.15, 0.2) is 48.1 Å². The Morgan fingerprint density at radius 3 is 3.04 bits per heavy atom. The van der Waals surface area contributed by atoms with E-state index in [0.29, 0.717) is 0 Å². The van der Waals surface area contributed by atoms with E-state index in [2.05, 4.69) is 20.3 Å². The third kappa shape index (κ3) is 2.26. The smallest absolute Gasteiger partial charge is 0.231 e. The number of hydrogen-bond donors (Lipinski definition) is 2. The van der Waals surface area contributed by atoms with Gasteiger partial charge >= 0.3 is 0 Å². The molecule has 0 bridgehead atoms. The van der Waals surface area contributed by atoms with Crippen LogP contribution in [-0.4, -0.2) is 21.7 Å². The average molecular weight is 336 g/mol. The maximum atomic E-state index is 5.42. The first-order valence-electron chi connectivity index (χ1n) is 7.41. The number of H-pyrrole nitrogens is 1. The molecule has 0 radical (unpaired) electrons. The second-order valence-electron chi connectivity index (χ2n) is 5.37. The zero-order valence-corrected chi connectivity index (χ0v) is 13.3. The zero-order chi connectivity index (χ0) is 15.9. The predicted molar refractivity (Wildman–Crippen MR) is 93.0 cm³/mol. The van der Waals surface area contributed by atoms with Crippen LogP contribution < -0.4 is 14.8 Å². The lowest BCUT2D eigenvalue weighted by Crippen LogP contribution is -1.92. The summed E-state index contributed by atoms with van der Waals surface area (Å²) in [7, 11) is 0. The van der Waals surface area contributed by atoms with Crippen molar-refractivity contribution in [1.29, 1.82) is 0 Å². The lowest BCUT2D eigenvalue weighted by atomic mass is 10.1. The van der Waals surface area contributed by atoms with E-state index in [1.807, 2.05) is 41.8 Å². The molecule has 24 heavy (non-hydrogen) atoms. The van der Waals surface area contributed by atoms with Crippen molar-refractivity contribution in [3.63, 3.8) is 0 Å². The third-order valence-electron chi connectivity index (χ3n) is 3.85. The van der Waals surface area contributed by atoms with Gasteiger partial charge in [0.05, 0.1) is 23.1 Å². The Balaban J connectivity index is 1.42. The van der Waals surface area contributed by atoms with E-state index in [1.165, 1.54) is 0 Å². The Labute approximate surface area is 141 Å². The average Bonchev–Trinajstić information content (AvgIpc) is 3.34. The molecule has 1 aliphatic rings. The van der Waals surface area contributed by atoms with E-state index in [-0.39, 0.29) is 6.79 Å². The highest BCUT2D eigenvalue weighted by Gasteiger charge is 2.15. The first-order chi connectivity index (χ1) is 11.8. The monoisotopic (exact) mass is 336 g/mol. The number of fused-ring (bicyclic) bond motifs is 2. The van der Waals surface area contributed by atoms with Crippen molar-refractivity contribution in [3.05, 3.63) is 48.1 Å². The number of ether oxygens (including phenoxy) is 2. The minimum atomic E-state index is 0.276. The number of nitrogens with zero attached hydrogens (tertiary/aromatic N) is 2. The van der Waals surface area contributed by atoms with E-state index in [0.717, 1.165) is 44.6 Å². The van der Waals surface area contributed by atoms with Crippen molar-refractivity contribution < 1.29 is 9.47 Å². The molecule has 5 rings (SSSR count). The summed E-state index contributed by atoms with van der Waals surface area (Å²) in [4.78, 5) is 12.0. The molecule has 2 aromatic heterocycles. The van der Waals surface area contributed by atoms with Crippen molar-refractivity contribution in [2.45, 2.75) is 0 Å². The minimum absolute atomic E-state index is 0.276. The van der Waals surface area contributed by atoms with Crippen LogP contribution in [-0.2, 0) is 0 Å². The molecule has 0 saturated heterocycles. The van der Waals surface area contributed by atoms with E-state index in [1.54, 1.807) is 17.7 Å². The SMILES string of the molecule is c1nc2cc(Nc3nc(-c4ccc5c(c4)OCO5)cs3)ccc2[nH]1. The molecule has 7 heteroatoms. The number of aromatic amines is 1. The van der Waals surface area contributed by atoms with Gasteiger partial charge in [0.25, 0.3) is 0 Å². The van der Waals surface area contributed by atoms with Crippen LogP contribution in [0.2, 0.25) is 0 Å². The lowest BCUT2D eigenvalue weighted by molar-refractivity contribution is 0.174. The molecule has 4 aromatic rings. The largest absolute Gasteiger partial charge is 0.454 e. The molecule has 0 amide bonds. The third-order valence-corrected chi connectivity index (χ3v) is 4.60. The highest BCUT2D eigenvalue weighted by Crippen LogP contribution is 2.36. The van der Waals surface area contributed by atoms with Gasteiger partial charge in [-0.15, -0.1) is 11.3 Å². The molecule has 0 aliphatic carbocycles. The van der Waals surface area contributed by atoms with Crippen molar-refractivity contribution in [1.82, 2.24) is 15.0 Å². The van der Waals surface area contributed by atoms with Crippen LogP contribution in [0.25, 0.3) is 22.3 Å². The number of nitrogens with one attached hydrogen (secondary N) is 2. The normalized spacial score (nSPS) is 12.7. The highest BCUT2D eigenvalue weighted by atomic mass is 32.1. The number of thiazole rings is 1. The van der Waals surface area contributed by atoms with Crippen molar-refractivity contribution in [3.8, 4) is 22.8 Å². The number of imidazole rings is 1. The molecule has 0 unspecified atom stereocenters. The maximum absolute atomic E-state index is 5.42. The standard InChI is InChI=1S/C17H12N4O2S/c1-4-15-16(23-9-22-15)5-10(1)14-7-24-17(21-14)20-11-2-3-12-13(6-11)19-8-18-12/h1-8H,9H2,(H,18,19)(H,20,21). The van der Waals surface area contributed by atoms with Gasteiger partial charge in [-0.25, -0.2) is 9.97 Å². The highest BCUT2D eigenvalue weighted by molar-refractivity contribution is 7.14. The quantitative estimate of drug-likeness (QED) is 0.588. The van der Waals surface area contributed by atoms with E-state index < -0.39 is 0 Å². The fraction of sp³-hybridized carbons (Fsp3) is 0.0588. The molecule has 0 saturated carbocycles. The Hall–Kier alpha value is -3.06. The Bertz CT molecular complexity index is 1040. The van der Waals surface area contributed by atoms with Crippen LogP contribution in [0.4, 0.5) is 10.8 Å². The van der Waals surface area contributed by atoms with Crippen molar-refractivity contribution in [2.24, 2.45) is 0 Å². The topological polar surface area (TPSA) is 72.1 Å². The summed E-state index contributed by atoms with van der Waals surface area (Å²) in [5.41, 5.74) is 4.81. The van der Waals surface area contributed by atoms with Gasteiger partial charge in [-0.1, -0.05) is 0 Å². The molecular weight excluding hydrogens is 324 g/mol. The fourth-order valence-corrected chi connectivity index (χ4v) is 3.39. The van der Waals surface area contributed by atoms with Crippen molar-refractivity contribution in [2.75, 3.05) is 12.1 Å². The number of anilines is 2. The maximum Gasteiger partial charge on any atom is 0.231 e. The molecule has 118 valence electrons. The second kappa shape index (κ2) is 5.24. The fourth-order valence-electron chi connectivity index (χ4n) is 2.65. The Morgan fingerprint density at radius 2 is 2.04 bits per heavy atom. The summed E-state index contributed by atoms with van der Waals surface area (Å²) in [6, 6.07) is 11.8. The molecule has 1 aliphatic heterocycles. The zero-order valence-electron chi connectivity index (χ0n) is 12.4. The molecule has 6 nitrogen and oxygen atoms in total. The van der Waals surface area contributed by atoms with Gasteiger partial charge in [-0.2, -0.15) is 0 Å². The van der Waals surface area contributed by atoms with Crippen LogP contribution in [0.1, 0.15) is 0 Å². The Morgan fingerprint density at radius 1 is 1.08 bits per heavy atom. The van der Waals surface area contributed by atoms with Crippen LogP contribution >= 0.6 is 11.3 Å². The van der Waals surface area contributed by atoms with E-state index in [4.69, 9.17) is 9.47 Å². The molecule has 2 N–H and O–H groups in total. The Kier molecular flexibility index (Phi) is 2.92. The van der Waals surface area contributed by atoms with Crippen LogP contribution in [0.5, 0.6) is 11.5 Å². The molecule has 0 fully saturated rings. The summed E-state index contributed by atoms with van der Waals surface area (Å²) >= 11 is 1.56. The molecule has 3 heterocycles. The minimum Gasteiger partial charge on any atom is -0.454 e. The summed E-state index contributed by atoms with van der Waals surface area (Å²) in [6.07, 6.45) is 1.69. The van der Waals surface area contributed by atoms with Gasteiger partial charge in [0.15, 0.2) is 16.6 Å². The molecule has 0 spiro atoms. The summed E-state index contributed by atoms with van der Waals surface area (Å²) < 4.78 is 10.8. The number of aromatic nitrogens is 3. The molecule has 0 atom stereocenters. The summed E-state index contributed by atoms with van der Waals surface area (Å²) in [6.45, 7) is 0.276. The number of benzene rings is 2. The number of rotatable bonds is 3. The number of hydrogen-bond acceptors (Lipinski definition) is 6. The predicted octanol–water partition coefficient (Wildman–Crippen LogP) is 4.16. The lowest BCUT2D eigenvalue weighted by Gasteiger charge is -2.02. The van der Waals surface area contributed by atoms with Gasteiger partial charge in [-0.3, -0.25) is 0 Å². The second-order valence-corrected chi connectivity index (χ2v) is 6.22. The molecular formula is C17H12N4O2S. The van der Waals surface area contributed by atoms with E-state index >= 15 is 0 Å². The van der Waals surface area contributed by atoms with Gasteiger partial charge in [0.2, 0.25) is 6.79 Å². The van der Waals surface area contributed by atoms with Gasteiger partial charge in [0, 0.05) is 16.6 Å². The van der Waals surface area contributed by atoms with Crippen molar-refractivity contribution >= 4 is 33.2 Å². The van der Waals surface area contributed by atoms with Gasteiger partial charge in [-0.05, 0) is 36.4 Å². The van der Waals surface area contributed by atoms with Gasteiger partial charge < -0.3 is 19.8 Å². The first kappa shape index (κ1) is 13.4. The van der Waals surface area contributed by atoms with Crippen LogP contribution in [0.3, 0.4) is 0 Å².